The zero-order valence-electron chi connectivity index (χ0n) is 7.30. The van der Waals surface area contributed by atoms with E-state index >= 15 is 0 Å². The molecule has 0 aliphatic rings. The van der Waals surface area contributed by atoms with Gasteiger partial charge in [-0.05, 0) is 12.5 Å². The Morgan fingerprint density at radius 2 is 2.08 bits per heavy atom. The zero-order chi connectivity index (χ0) is 9.52. The molecule has 0 saturated carbocycles. The maximum atomic E-state index is 13.0. The normalized spacial score (nSPS) is 10.3. The first kappa shape index (κ1) is 10.5. The summed E-state index contributed by atoms with van der Waals surface area (Å²) in [6.45, 7) is 0.904. The molecule has 0 bridgehead atoms. The van der Waals surface area contributed by atoms with Gasteiger partial charge < -0.3 is 4.74 Å². The Bertz CT molecular complexity index is 252. The molecule has 0 atom stereocenters. The number of hydrogen-bond donors (Lipinski definition) is 0. The van der Waals surface area contributed by atoms with Crippen molar-refractivity contribution in [2.24, 2.45) is 0 Å². The molecule has 1 aromatic rings. The number of halogens is 2. The lowest BCUT2D eigenvalue weighted by molar-refractivity contribution is 0.119. The highest BCUT2D eigenvalue weighted by atomic mass is 35.5. The van der Waals surface area contributed by atoms with Crippen molar-refractivity contribution in [1.82, 2.24) is 0 Å². The summed E-state index contributed by atoms with van der Waals surface area (Å²) in [6.07, 6.45) is 0.802. The molecule has 0 unspecified atom stereocenters. The lowest BCUT2D eigenvalue weighted by Gasteiger charge is -2.03. The summed E-state index contributed by atoms with van der Waals surface area (Å²) in [5, 5.41) is 0. The van der Waals surface area contributed by atoms with Gasteiger partial charge in [0, 0.05) is 18.1 Å². The molecule has 13 heavy (non-hydrogen) atoms. The molecule has 0 heterocycles. The number of hydrogen-bond acceptors (Lipinski definition) is 1. The quantitative estimate of drug-likeness (QED) is 0.527. The number of rotatable bonds is 5. The minimum Gasteiger partial charge on any atom is -0.377 e. The van der Waals surface area contributed by atoms with E-state index in [1.54, 1.807) is 18.2 Å². The summed E-state index contributed by atoms with van der Waals surface area (Å²) in [7, 11) is 0. The summed E-state index contributed by atoms with van der Waals surface area (Å²) < 4.78 is 18.2. The zero-order valence-corrected chi connectivity index (χ0v) is 8.06. The largest absolute Gasteiger partial charge is 0.377 e. The second kappa shape index (κ2) is 5.95. The van der Waals surface area contributed by atoms with Crippen LogP contribution >= 0.6 is 11.6 Å². The van der Waals surface area contributed by atoms with Crippen molar-refractivity contribution < 1.29 is 9.13 Å². The van der Waals surface area contributed by atoms with E-state index in [9.17, 15) is 4.39 Å². The molecule has 0 aliphatic heterocycles. The fourth-order valence-corrected chi connectivity index (χ4v) is 1.06. The van der Waals surface area contributed by atoms with Crippen molar-refractivity contribution >= 4 is 11.6 Å². The van der Waals surface area contributed by atoms with Crippen molar-refractivity contribution in [3.05, 3.63) is 35.6 Å². The molecule has 0 fully saturated rings. The first-order valence-corrected chi connectivity index (χ1v) is 4.75. The molecule has 0 spiro atoms. The van der Waals surface area contributed by atoms with Crippen molar-refractivity contribution in [2.45, 2.75) is 13.0 Å². The Balaban J connectivity index is 2.32. The predicted octanol–water partition coefficient (Wildman–Crippen LogP) is 2.97. The first-order chi connectivity index (χ1) is 6.34. The molecule has 1 aromatic carbocycles. The van der Waals surface area contributed by atoms with Gasteiger partial charge in [0.25, 0.3) is 0 Å². The van der Waals surface area contributed by atoms with Crippen molar-refractivity contribution in [3.8, 4) is 0 Å². The molecule has 1 rings (SSSR count). The maximum absolute atomic E-state index is 13.0. The molecule has 0 aromatic heterocycles. The summed E-state index contributed by atoms with van der Waals surface area (Å²) in [4.78, 5) is 0. The van der Waals surface area contributed by atoms with Gasteiger partial charge >= 0.3 is 0 Å². The smallest absolute Gasteiger partial charge is 0.128 e. The first-order valence-electron chi connectivity index (χ1n) is 4.21. The van der Waals surface area contributed by atoms with Gasteiger partial charge in [-0.2, -0.15) is 0 Å². The van der Waals surface area contributed by atoms with Crippen LogP contribution in [0.25, 0.3) is 0 Å². The molecular formula is C10H12ClFO. The maximum Gasteiger partial charge on any atom is 0.128 e. The van der Waals surface area contributed by atoms with Crippen LogP contribution in [0.2, 0.25) is 0 Å². The van der Waals surface area contributed by atoms with Gasteiger partial charge in [0.1, 0.15) is 5.82 Å². The average Bonchev–Trinajstić information content (AvgIpc) is 2.15. The van der Waals surface area contributed by atoms with Gasteiger partial charge in [-0.25, -0.2) is 4.39 Å². The second-order valence-electron chi connectivity index (χ2n) is 2.69. The van der Waals surface area contributed by atoms with E-state index in [0.29, 0.717) is 24.7 Å². The summed E-state index contributed by atoms with van der Waals surface area (Å²) in [5.41, 5.74) is 0.595. The highest BCUT2D eigenvalue weighted by Crippen LogP contribution is 2.07. The summed E-state index contributed by atoms with van der Waals surface area (Å²) >= 11 is 5.46. The van der Waals surface area contributed by atoms with E-state index in [-0.39, 0.29) is 5.82 Å². The van der Waals surface area contributed by atoms with Gasteiger partial charge in [0.05, 0.1) is 6.61 Å². The highest BCUT2D eigenvalue weighted by Gasteiger charge is 1.99. The molecule has 3 heteroatoms. The fraction of sp³-hybridized carbons (Fsp3) is 0.400. The number of alkyl halides is 1. The molecule has 0 radical (unpaired) electrons. The van der Waals surface area contributed by atoms with Crippen LogP contribution in [0.3, 0.4) is 0 Å². The highest BCUT2D eigenvalue weighted by molar-refractivity contribution is 6.17. The van der Waals surface area contributed by atoms with Crippen LogP contribution in [0.4, 0.5) is 4.39 Å². The number of benzene rings is 1. The van der Waals surface area contributed by atoms with Crippen LogP contribution in [0.1, 0.15) is 12.0 Å². The Kier molecular flexibility index (Phi) is 4.79. The third-order valence-electron chi connectivity index (χ3n) is 1.64. The minimum atomic E-state index is -0.214. The average molecular weight is 203 g/mol. The molecule has 0 N–H and O–H groups in total. The Morgan fingerprint density at radius 1 is 1.31 bits per heavy atom. The molecule has 0 amide bonds. The van der Waals surface area contributed by atoms with Crippen molar-refractivity contribution in [2.75, 3.05) is 12.5 Å². The van der Waals surface area contributed by atoms with E-state index in [4.69, 9.17) is 16.3 Å². The molecule has 1 nitrogen and oxygen atoms in total. The van der Waals surface area contributed by atoms with Crippen LogP contribution < -0.4 is 0 Å². The van der Waals surface area contributed by atoms with Gasteiger partial charge in [0.15, 0.2) is 0 Å². The van der Waals surface area contributed by atoms with Crippen LogP contribution in [0.5, 0.6) is 0 Å². The van der Waals surface area contributed by atoms with Crippen molar-refractivity contribution in [1.29, 1.82) is 0 Å². The summed E-state index contributed by atoms with van der Waals surface area (Å²) in [5.74, 6) is 0.366. The lowest BCUT2D eigenvalue weighted by Crippen LogP contribution is -1.98. The third kappa shape index (κ3) is 3.75. The van der Waals surface area contributed by atoms with E-state index < -0.39 is 0 Å². The number of ether oxygens (including phenoxy) is 1. The van der Waals surface area contributed by atoms with E-state index in [1.807, 2.05) is 0 Å². The molecule has 0 aliphatic carbocycles. The lowest BCUT2D eigenvalue weighted by atomic mass is 10.2. The van der Waals surface area contributed by atoms with E-state index in [0.717, 1.165) is 6.42 Å². The van der Waals surface area contributed by atoms with Crippen molar-refractivity contribution in [3.63, 3.8) is 0 Å². The monoisotopic (exact) mass is 202 g/mol. The van der Waals surface area contributed by atoms with E-state index in [2.05, 4.69) is 0 Å². The minimum absolute atomic E-state index is 0.214. The van der Waals surface area contributed by atoms with Crippen LogP contribution in [-0.2, 0) is 11.3 Å². The molecule has 0 saturated heterocycles. The van der Waals surface area contributed by atoms with Crippen LogP contribution in [0.15, 0.2) is 24.3 Å². The molecule has 72 valence electrons. The van der Waals surface area contributed by atoms with Gasteiger partial charge in [-0.1, -0.05) is 18.2 Å². The van der Waals surface area contributed by atoms with Gasteiger partial charge in [-0.3, -0.25) is 0 Å². The fourth-order valence-electron chi connectivity index (χ4n) is 0.954. The molecular weight excluding hydrogens is 191 g/mol. The van der Waals surface area contributed by atoms with E-state index in [1.165, 1.54) is 6.07 Å². The van der Waals surface area contributed by atoms with Gasteiger partial charge in [0.2, 0.25) is 0 Å². The Hall–Kier alpha value is -0.600. The van der Waals surface area contributed by atoms with Crippen LogP contribution in [-0.4, -0.2) is 12.5 Å². The SMILES string of the molecule is Fc1ccccc1COCCCCl. The Labute approximate surface area is 82.5 Å². The van der Waals surface area contributed by atoms with Gasteiger partial charge in [-0.15, -0.1) is 11.6 Å². The summed E-state index contributed by atoms with van der Waals surface area (Å²) in [6, 6.07) is 6.61. The Morgan fingerprint density at radius 3 is 2.77 bits per heavy atom. The predicted molar refractivity (Wildman–Crippen MR) is 51.4 cm³/mol. The topological polar surface area (TPSA) is 9.23 Å². The standard InChI is InChI=1S/C10H12ClFO/c11-6-3-7-13-8-9-4-1-2-5-10(9)12/h1-2,4-5H,3,6-8H2. The second-order valence-corrected chi connectivity index (χ2v) is 3.06. The van der Waals surface area contributed by atoms with Crippen LogP contribution in [0, 0.1) is 5.82 Å². The third-order valence-corrected chi connectivity index (χ3v) is 1.90.